The second kappa shape index (κ2) is 11.3. The lowest BCUT2D eigenvalue weighted by molar-refractivity contribution is -0.121. The fourth-order valence-corrected chi connectivity index (χ4v) is 3.38. The molecule has 7 heteroatoms. The molecule has 2 amide bonds. The molecule has 1 aliphatic heterocycles. The van der Waals surface area contributed by atoms with Crippen LogP contribution in [0.2, 0.25) is 0 Å². The van der Waals surface area contributed by atoms with E-state index in [1.807, 2.05) is 31.2 Å². The van der Waals surface area contributed by atoms with Crippen molar-refractivity contribution in [3.05, 3.63) is 35.4 Å². The molecule has 0 unspecified atom stereocenters. The van der Waals surface area contributed by atoms with Gasteiger partial charge in [0.15, 0.2) is 5.96 Å². The summed E-state index contributed by atoms with van der Waals surface area (Å²) in [4.78, 5) is 30.6. The van der Waals surface area contributed by atoms with Crippen LogP contribution in [0, 0.1) is 5.92 Å². The first kappa shape index (κ1) is 21.7. The Kier molecular flexibility index (Phi) is 8.78. The smallest absolute Gasteiger partial charge is 0.251 e. The second-order valence-corrected chi connectivity index (χ2v) is 7.04. The zero-order valence-electron chi connectivity index (χ0n) is 17.3. The second-order valence-electron chi connectivity index (χ2n) is 7.04. The van der Waals surface area contributed by atoms with Crippen LogP contribution in [0.3, 0.4) is 0 Å². The number of guanidine groups is 1. The maximum Gasteiger partial charge on any atom is 0.251 e. The SMILES string of the molecule is CCNC(=O)c1cccc(CN=C(NCC)N2CCC(CC(=O)NC)CC2)c1. The number of benzene rings is 1. The van der Waals surface area contributed by atoms with Gasteiger partial charge in [-0.1, -0.05) is 12.1 Å². The van der Waals surface area contributed by atoms with Gasteiger partial charge in [0.25, 0.3) is 5.91 Å². The van der Waals surface area contributed by atoms with Gasteiger partial charge in [0.05, 0.1) is 6.54 Å². The van der Waals surface area contributed by atoms with Crippen molar-refractivity contribution in [1.82, 2.24) is 20.9 Å². The number of aliphatic imine (C=N–C) groups is 1. The summed E-state index contributed by atoms with van der Waals surface area (Å²) in [6.07, 6.45) is 2.58. The number of piperidine rings is 1. The van der Waals surface area contributed by atoms with Crippen LogP contribution in [-0.2, 0) is 11.3 Å². The van der Waals surface area contributed by atoms with Gasteiger partial charge in [-0.2, -0.15) is 0 Å². The summed E-state index contributed by atoms with van der Waals surface area (Å²) in [5.41, 5.74) is 1.67. The highest BCUT2D eigenvalue weighted by atomic mass is 16.2. The Bertz CT molecular complexity index is 681. The summed E-state index contributed by atoms with van der Waals surface area (Å²) in [6, 6.07) is 7.60. The van der Waals surface area contributed by atoms with Crippen LogP contribution in [-0.4, -0.2) is 55.9 Å². The standard InChI is InChI=1S/C21H33N5O2/c1-4-23-20(28)18-8-6-7-17(13-18)15-25-21(24-5-2)26-11-9-16(10-12-26)14-19(27)22-3/h6-8,13,16H,4-5,9-12,14-15H2,1-3H3,(H,22,27)(H,23,28)(H,24,25). The number of nitrogens with zero attached hydrogens (tertiary/aromatic N) is 2. The number of hydrogen-bond acceptors (Lipinski definition) is 3. The maximum absolute atomic E-state index is 12.0. The van der Waals surface area contributed by atoms with Crippen LogP contribution >= 0.6 is 0 Å². The lowest BCUT2D eigenvalue weighted by Crippen LogP contribution is -2.46. The lowest BCUT2D eigenvalue weighted by atomic mass is 9.93. The van der Waals surface area contributed by atoms with Gasteiger partial charge in [-0.05, 0) is 50.3 Å². The number of nitrogens with one attached hydrogen (secondary N) is 3. The normalized spacial score (nSPS) is 15.2. The minimum atomic E-state index is -0.0570. The highest BCUT2D eigenvalue weighted by Gasteiger charge is 2.23. The average molecular weight is 388 g/mol. The molecule has 0 aliphatic carbocycles. The van der Waals surface area contributed by atoms with Gasteiger partial charge in [-0.3, -0.25) is 9.59 Å². The number of rotatable bonds is 7. The van der Waals surface area contributed by atoms with Gasteiger partial charge in [0.1, 0.15) is 0 Å². The Balaban J connectivity index is 1.98. The van der Waals surface area contributed by atoms with Crippen molar-refractivity contribution < 1.29 is 9.59 Å². The van der Waals surface area contributed by atoms with Crippen molar-refractivity contribution >= 4 is 17.8 Å². The highest BCUT2D eigenvalue weighted by Crippen LogP contribution is 2.20. The molecule has 28 heavy (non-hydrogen) atoms. The number of hydrogen-bond donors (Lipinski definition) is 3. The molecule has 0 atom stereocenters. The Morgan fingerprint density at radius 1 is 1.14 bits per heavy atom. The molecule has 0 saturated carbocycles. The van der Waals surface area contributed by atoms with Crippen LogP contribution in [0.5, 0.6) is 0 Å². The molecule has 1 saturated heterocycles. The third kappa shape index (κ3) is 6.55. The fraction of sp³-hybridized carbons (Fsp3) is 0.571. The van der Waals surface area contributed by atoms with Gasteiger partial charge >= 0.3 is 0 Å². The molecular formula is C21H33N5O2. The van der Waals surface area contributed by atoms with E-state index in [0.29, 0.717) is 31.0 Å². The Morgan fingerprint density at radius 3 is 2.50 bits per heavy atom. The van der Waals surface area contributed by atoms with Crippen LogP contribution in [0.4, 0.5) is 0 Å². The topological polar surface area (TPSA) is 85.8 Å². The van der Waals surface area contributed by atoms with E-state index in [1.165, 1.54) is 0 Å². The van der Waals surface area contributed by atoms with E-state index >= 15 is 0 Å². The summed E-state index contributed by atoms with van der Waals surface area (Å²) < 4.78 is 0. The van der Waals surface area contributed by atoms with Crippen LogP contribution < -0.4 is 16.0 Å². The van der Waals surface area contributed by atoms with E-state index < -0.39 is 0 Å². The molecule has 1 heterocycles. The summed E-state index contributed by atoms with van der Waals surface area (Å²) in [5, 5.41) is 8.90. The van der Waals surface area contributed by atoms with E-state index in [4.69, 9.17) is 4.99 Å². The predicted octanol–water partition coefficient (Wildman–Crippen LogP) is 1.75. The lowest BCUT2D eigenvalue weighted by Gasteiger charge is -2.34. The zero-order valence-corrected chi connectivity index (χ0v) is 17.3. The van der Waals surface area contributed by atoms with Crippen LogP contribution in [0.1, 0.15) is 49.0 Å². The quantitative estimate of drug-likeness (QED) is 0.491. The van der Waals surface area contributed by atoms with Gasteiger partial charge in [0.2, 0.25) is 5.91 Å². The van der Waals surface area contributed by atoms with Gasteiger partial charge in [-0.25, -0.2) is 4.99 Å². The minimum Gasteiger partial charge on any atom is -0.359 e. The number of likely N-dealkylation sites (tertiary alicyclic amines) is 1. The Hall–Kier alpha value is -2.57. The molecule has 1 aliphatic rings. The summed E-state index contributed by atoms with van der Waals surface area (Å²) in [6.45, 7) is 7.69. The maximum atomic E-state index is 12.0. The summed E-state index contributed by atoms with van der Waals surface area (Å²) in [5.74, 6) is 1.39. The third-order valence-corrected chi connectivity index (χ3v) is 4.94. The molecule has 1 fully saturated rings. The summed E-state index contributed by atoms with van der Waals surface area (Å²) in [7, 11) is 1.69. The molecule has 0 bridgehead atoms. The molecule has 2 rings (SSSR count). The first-order valence-corrected chi connectivity index (χ1v) is 10.2. The number of amides is 2. The molecule has 7 nitrogen and oxygen atoms in total. The molecule has 1 aromatic carbocycles. The first-order valence-electron chi connectivity index (χ1n) is 10.2. The fourth-order valence-electron chi connectivity index (χ4n) is 3.38. The Morgan fingerprint density at radius 2 is 1.86 bits per heavy atom. The monoisotopic (exact) mass is 387 g/mol. The van der Waals surface area contributed by atoms with Gasteiger partial charge in [-0.15, -0.1) is 0 Å². The van der Waals surface area contributed by atoms with E-state index in [0.717, 1.165) is 44.0 Å². The van der Waals surface area contributed by atoms with Gasteiger partial charge < -0.3 is 20.9 Å². The van der Waals surface area contributed by atoms with Crippen molar-refractivity contribution in [2.45, 2.75) is 39.7 Å². The summed E-state index contributed by atoms with van der Waals surface area (Å²) >= 11 is 0. The molecular weight excluding hydrogens is 354 g/mol. The van der Waals surface area contributed by atoms with E-state index in [1.54, 1.807) is 7.05 Å². The van der Waals surface area contributed by atoms with E-state index in [-0.39, 0.29) is 11.8 Å². The number of carbonyl (C=O) groups excluding carboxylic acids is 2. The largest absolute Gasteiger partial charge is 0.359 e. The van der Waals surface area contributed by atoms with Crippen LogP contribution in [0.15, 0.2) is 29.3 Å². The molecule has 0 spiro atoms. The zero-order chi connectivity index (χ0) is 20.4. The highest BCUT2D eigenvalue weighted by molar-refractivity contribution is 5.94. The predicted molar refractivity (Wildman–Crippen MR) is 112 cm³/mol. The molecule has 154 valence electrons. The van der Waals surface area contributed by atoms with Gasteiger partial charge in [0, 0.05) is 45.2 Å². The van der Waals surface area contributed by atoms with Crippen molar-refractivity contribution in [2.75, 3.05) is 33.2 Å². The van der Waals surface area contributed by atoms with E-state index in [2.05, 4.69) is 27.8 Å². The minimum absolute atomic E-state index is 0.0570. The molecule has 0 radical (unpaired) electrons. The average Bonchev–Trinajstić information content (AvgIpc) is 2.72. The third-order valence-electron chi connectivity index (χ3n) is 4.94. The van der Waals surface area contributed by atoms with Crippen molar-refractivity contribution in [3.8, 4) is 0 Å². The van der Waals surface area contributed by atoms with Crippen molar-refractivity contribution in [2.24, 2.45) is 10.9 Å². The van der Waals surface area contributed by atoms with Crippen LogP contribution in [0.25, 0.3) is 0 Å². The Labute approximate surface area is 168 Å². The molecule has 3 N–H and O–H groups in total. The molecule has 0 aromatic heterocycles. The van der Waals surface area contributed by atoms with E-state index in [9.17, 15) is 9.59 Å². The van der Waals surface area contributed by atoms with Crippen molar-refractivity contribution in [3.63, 3.8) is 0 Å². The van der Waals surface area contributed by atoms with Crippen molar-refractivity contribution in [1.29, 1.82) is 0 Å². The molecule has 1 aromatic rings. The first-order chi connectivity index (χ1) is 13.6. The number of carbonyl (C=O) groups is 2.